The minimum atomic E-state index is -0.893. The van der Waals surface area contributed by atoms with E-state index in [1.54, 1.807) is 6.92 Å². The number of carbonyl (C=O) groups excluding carboxylic acids is 1. The van der Waals surface area contributed by atoms with E-state index in [-0.39, 0.29) is 5.92 Å². The molecule has 0 bridgehead atoms. The van der Waals surface area contributed by atoms with Crippen molar-refractivity contribution in [2.45, 2.75) is 51.7 Å². The van der Waals surface area contributed by atoms with Crippen LogP contribution in [0.3, 0.4) is 0 Å². The van der Waals surface area contributed by atoms with Crippen molar-refractivity contribution in [3.63, 3.8) is 0 Å². The van der Waals surface area contributed by atoms with Crippen molar-refractivity contribution >= 4 is 5.97 Å². The predicted molar refractivity (Wildman–Crippen MR) is 61.7 cm³/mol. The van der Waals surface area contributed by atoms with Gasteiger partial charge in [-0.1, -0.05) is 19.8 Å². The van der Waals surface area contributed by atoms with E-state index in [9.17, 15) is 9.90 Å². The third-order valence-electron chi connectivity index (χ3n) is 3.39. The topological polar surface area (TPSA) is 72.5 Å². The van der Waals surface area contributed by atoms with E-state index in [0.29, 0.717) is 12.5 Å². The number of ether oxygens (including phenoxy) is 1. The minimum Gasteiger partial charge on any atom is -0.465 e. The number of nitrogens with two attached hydrogens (primary N) is 1. The molecule has 0 amide bonds. The van der Waals surface area contributed by atoms with Crippen molar-refractivity contribution in [2.75, 3.05) is 6.61 Å². The number of hydrogen-bond acceptors (Lipinski definition) is 4. The fraction of sp³-hybridized carbons (Fsp3) is 0.917. The lowest BCUT2D eigenvalue weighted by molar-refractivity contribution is -0.148. The second-order valence-corrected chi connectivity index (χ2v) is 4.80. The van der Waals surface area contributed by atoms with Crippen LogP contribution in [0.2, 0.25) is 0 Å². The quantitative estimate of drug-likeness (QED) is 0.707. The summed E-state index contributed by atoms with van der Waals surface area (Å²) < 4.78 is 4.82. The van der Waals surface area contributed by atoms with Crippen LogP contribution in [0.4, 0.5) is 0 Å². The summed E-state index contributed by atoms with van der Waals surface area (Å²) >= 11 is 0. The van der Waals surface area contributed by atoms with E-state index in [1.165, 1.54) is 6.42 Å². The molecular weight excluding hydrogens is 206 g/mol. The highest BCUT2D eigenvalue weighted by molar-refractivity contribution is 5.76. The fourth-order valence-corrected chi connectivity index (χ4v) is 2.46. The molecule has 0 aromatic rings. The summed E-state index contributed by atoms with van der Waals surface area (Å²) in [4.78, 5) is 11.4. The van der Waals surface area contributed by atoms with Gasteiger partial charge in [0.1, 0.15) is 6.04 Å². The monoisotopic (exact) mass is 229 g/mol. The smallest absolute Gasteiger partial charge is 0.325 e. The molecule has 16 heavy (non-hydrogen) atoms. The number of aliphatic hydroxyl groups is 1. The van der Waals surface area contributed by atoms with Gasteiger partial charge < -0.3 is 15.6 Å². The van der Waals surface area contributed by atoms with Gasteiger partial charge in [-0.25, -0.2) is 0 Å². The minimum absolute atomic E-state index is 0.142. The Kier molecular flexibility index (Phi) is 5.22. The molecule has 0 aliphatic heterocycles. The molecule has 0 heterocycles. The molecule has 0 aromatic carbocycles. The average molecular weight is 229 g/mol. The van der Waals surface area contributed by atoms with Gasteiger partial charge in [-0.3, -0.25) is 4.79 Å². The maximum Gasteiger partial charge on any atom is 0.325 e. The van der Waals surface area contributed by atoms with Crippen LogP contribution < -0.4 is 5.73 Å². The molecule has 0 radical (unpaired) electrons. The largest absolute Gasteiger partial charge is 0.465 e. The van der Waals surface area contributed by atoms with E-state index in [1.807, 2.05) is 0 Å². The summed E-state index contributed by atoms with van der Waals surface area (Å²) in [6, 6.07) is -0.893. The number of hydrogen-bond donors (Lipinski definition) is 2. The zero-order valence-electron chi connectivity index (χ0n) is 10.2. The summed E-state index contributed by atoms with van der Waals surface area (Å²) in [5, 5.41) is 10.0. The maximum absolute atomic E-state index is 11.4. The Bertz CT molecular complexity index is 232. The highest BCUT2D eigenvalue weighted by Gasteiger charge is 2.33. The Balaban J connectivity index is 2.48. The zero-order valence-corrected chi connectivity index (χ0v) is 10.2. The molecule has 1 fully saturated rings. The molecule has 4 unspecified atom stereocenters. The van der Waals surface area contributed by atoms with Gasteiger partial charge in [-0.05, 0) is 31.6 Å². The molecule has 0 spiro atoms. The van der Waals surface area contributed by atoms with Crippen LogP contribution in [0.15, 0.2) is 0 Å². The van der Waals surface area contributed by atoms with Crippen molar-refractivity contribution in [1.29, 1.82) is 0 Å². The van der Waals surface area contributed by atoms with Crippen molar-refractivity contribution in [1.82, 2.24) is 0 Å². The second-order valence-electron chi connectivity index (χ2n) is 4.80. The molecule has 1 rings (SSSR count). The van der Waals surface area contributed by atoms with Crippen molar-refractivity contribution in [3.05, 3.63) is 0 Å². The van der Waals surface area contributed by atoms with E-state index >= 15 is 0 Å². The van der Waals surface area contributed by atoms with E-state index in [4.69, 9.17) is 10.5 Å². The standard InChI is InChI=1S/C12H23NO3/c1-3-16-12(15)10(13)11(14)9-6-4-5-8(2)7-9/h8-11,14H,3-7,13H2,1-2H3. The van der Waals surface area contributed by atoms with Crippen LogP contribution >= 0.6 is 0 Å². The molecule has 0 aromatic heterocycles. The number of rotatable bonds is 4. The molecule has 1 aliphatic rings. The molecule has 1 saturated carbocycles. The summed E-state index contributed by atoms with van der Waals surface area (Å²) in [5.41, 5.74) is 5.70. The van der Waals surface area contributed by atoms with Gasteiger partial charge >= 0.3 is 5.97 Å². The molecule has 4 heteroatoms. The van der Waals surface area contributed by atoms with Crippen LogP contribution in [0.5, 0.6) is 0 Å². The first kappa shape index (κ1) is 13.5. The first-order chi connectivity index (χ1) is 7.56. The summed E-state index contributed by atoms with van der Waals surface area (Å²) in [6.07, 6.45) is 3.46. The van der Waals surface area contributed by atoms with Gasteiger partial charge in [0.05, 0.1) is 12.7 Å². The molecule has 4 atom stereocenters. The molecule has 4 nitrogen and oxygen atoms in total. The summed E-state index contributed by atoms with van der Waals surface area (Å²) in [5.74, 6) is 0.263. The van der Waals surface area contributed by atoms with E-state index in [2.05, 4.69) is 6.92 Å². The number of carbonyl (C=O) groups is 1. The van der Waals surface area contributed by atoms with Gasteiger partial charge in [0.15, 0.2) is 0 Å². The van der Waals surface area contributed by atoms with Crippen LogP contribution in [0.25, 0.3) is 0 Å². The molecule has 94 valence electrons. The van der Waals surface area contributed by atoms with Crippen LogP contribution in [-0.4, -0.2) is 29.8 Å². The number of esters is 1. The Morgan fingerprint density at radius 3 is 2.81 bits per heavy atom. The highest BCUT2D eigenvalue weighted by Crippen LogP contribution is 2.31. The van der Waals surface area contributed by atoms with Crippen molar-refractivity contribution < 1.29 is 14.6 Å². The lowest BCUT2D eigenvalue weighted by Crippen LogP contribution is -2.47. The molecule has 0 saturated heterocycles. The first-order valence-electron chi connectivity index (χ1n) is 6.16. The Morgan fingerprint density at radius 2 is 2.25 bits per heavy atom. The lowest BCUT2D eigenvalue weighted by atomic mass is 9.78. The van der Waals surface area contributed by atoms with Crippen LogP contribution in [0.1, 0.15) is 39.5 Å². The van der Waals surface area contributed by atoms with Gasteiger partial charge in [0.2, 0.25) is 0 Å². The Labute approximate surface area is 97.2 Å². The molecular formula is C12H23NO3. The van der Waals surface area contributed by atoms with Gasteiger partial charge in [0, 0.05) is 0 Å². The molecule has 3 N–H and O–H groups in total. The maximum atomic E-state index is 11.4. The zero-order chi connectivity index (χ0) is 12.1. The third-order valence-corrected chi connectivity index (χ3v) is 3.39. The summed E-state index contributed by atoms with van der Waals surface area (Å²) in [6.45, 7) is 4.22. The second kappa shape index (κ2) is 6.21. The lowest BCUT2D eigenvalue weighted by Gasteiger charge is -2.32. The van der Waals surface area contributed by atoms with Crippen molar-refractivity contribution in [2.24, 2.45) is 17.6 Å². The number of aliphatic hydroxyl groups excluding tert-OH is 1. The fourth-order valence-electron chi connectivity index (χ4n) is 2.46. The van der Waals surface area contributed by atoms with Gasteiger partial charge in [-0.2, -0.15) is 0 Å². The summed E-state index contributed by atoms with van der Waals surface area (Å²) in [7, 11) is 0. The Hall–Kier alpha value is -0.610. The highest BCUT2D eigenvalue weighted by atomic mass is 16.5. The van der Waals surface area contributed by atoms with Crippen molar-refractivity contribution in [3.8, 4) is 0 Å². The van der Waals surface area contributed by atoms with Crippen LogP contribution in [-0.2, 0) is 9.53 Å². The van der Waals surface area contributed by atoms with Gasteiger partial charge in [0.25, 0.3) is 0 Å². The van der Waals surface area contributed by atoms with Gasteiger partial charge in [-0.15, -0.1) is 0 Å². The normalized spacial score (nSPS) is 29.5. The van der Waals surface area contributed by atoms with E-state index < -0.39 is 18.1 Å². The average Bonchev–Trinajstić information content (AvgIpc) is 2.27. The van der Waals surface area contributed by atoms with Crippen LogP contribution in [0, 0.1) is 11.8 Å². The Morgan fingerprint density at radius 1 is 1.56 bits per heavy atom. The SMILES string of the molecule is CCOC(=O)C(N)C(O)C1CCCC(C)C1. The first-order valence-corrected chi connectivity index (χ1v) is 6.16. The third kappa shape index (κ3) is 3.46. The molecule has 1 aliphatic carbocycles. The van der Waals surface area contributed by atoms with E-state index in [0.717, 1.165) is 19.3 Å². The predicted octanol–water partition coefficient (Wildman–Crippen LogP) is 1.06.